The average molecular weight is 321 g/mol. The fraction of sp³-hybridized carbons (Fsp3) is 0.529. The summed E-state index contributed by atoms with van der Waals surface area (Å²) in [7, 11) is 0. The number of aliphatic carboxylic acids is 1. The highest BCUT2D eigenvalue weighted by molar-refractivity contribution is 5.93. The maximum atomic E-state index is 12.1. The lowest BCUT2D eigenvalue weighted by molar-refractivity contribution is -0.136. The maximum absolute atomic E-state index is 12.1. The predicted octanol–water partition coefficient (Wildman–Crippen LogP) is 2.23. The van der Waals surface area contributed by atoms with Gasteiger partial charge in [-0.15, -0.1) is 0 Å². The summed E-state index contributed by atoms with van der Waals surface area (Å²) in [4.78, 5) is 22.7. The van der Waals surface area contributed by atoms with Crippen molar-refractivity contribution in [2.24, 2.45) is 0 Å². The van der Waals surface area contributed by atoms with Gasteiger partial charge in [-0.25, -0.2) is 0 Å². The van der Waals surface area contributed by atoms with Crippen molar-refractivity contribution >= 4 is 17.6 Å². The third-order valence-electron chi connectivity index (χ3n) is 3.75. The topological polar surface area (TPSA) is 84.9 Å². The molecule has 1 aliphatic heterocycles. The van der Waals surface area contributed by atoms with Gasteiger partial charge in [0.1, 0.15) is 6.10 Å². The molecule has 1 aliphatic rings. The van der Waals surface area contributed by atoms with E-state index in [1.165, 1.54) is 0 Å². The second-order valence-electron chi connectivity index (χ2n) is 5.72. The van der Waals surface area contributed by atoms with Crippen molar-refractivity contribution in [2.75, 3.05) is 18.5 Å². The summed E-state index contributed by atoms with van der Waals surface area (Å²) in [6, 6.07) is 6.75. The number of amides is 1. The van der Waals surface area contributed by atoms with E-state index in [2.05, 4.69) is 5.32 Å². The van der Waals surface area contributed by atoms with Crippen molar-refractivity contribution in [3.05, 3.63) is 29.8 Å². The van der Waals surface area contributed by atoms with Gasteiger partial charge in [0.15, 0.2) is 0 Å². The summed E-state index contributed by atoms with van der Waals surface area (Å²) >= 11 is 0. The molecule has 126 valence electrons. The number of carboxylic acid groups (broad SMARTS) is 1. The largest absolute Gasteiger partial charge is 0.481 e. The first-order chi connectivity index (χ1) is 11.0. The van der Waals surface area contributed by atoms with E-state index >= 15 is 0 Å². The summed E-state index contributed by atoms with van der Waals surface area (Å²) < 4.78 is 11.1. The number of hydrogen-bond donors (Lipinski definition) is 2. The highest BCUT2D eigenvalue weighted by Gasteiger charge is 2.19. The molecule has 6 heteroatoms. The van der Waals surface area contributed by atoms with Crippen LogP contribution < -0.4 is 5.32 Å². The molecule has 0 saturated carbocycles. The molecule has 0 aromatic heterocycles. The Balaban J connectivity index is 1.77. The van der Waals surface area contributed by atoms with Gasteiger partial charge >= 0.3 is 5.97 Å². The van der Waals surface area contributed by atoms with E-state index in [4.69, 9.17) is 14.6 Å². The number of anilines is 1. The van der Waals surface area contributed by atoms with Gasteiger partial charge in [0.2, 0.25) is 0 Å². The van der Waals surface area contributed by atoms with Crippen molar-refractivity contribution in [1.29, 1.82) is 0 Å². The van der Waals surface area contributed by atoms with Crippen LogP contribution in [0.4, 0.5) is 5.69 Å². The molecule has 2 atom stereocenters. The van der Waals surface area contributed by atoms with Crippen LogP contribution in [0.5, 0.6) is 0 Å². The molecule has 0 radical (unpaired) electrons. The van der Waals surface area contributed by atoms with Crippen molar-refractivity contribution in [2.45, 2.75) is 44.8 Å². The molecular formula is C17H23NO5. The lowest BCUT2D eigenvalue weighted by atomic mass is 10.1. The van der Waals surface area contributed by atoms with Gasteiger partial charge in [-0.1, -0.05) is 12.1 Å². The van der Waals surface area contributed by atoms with E-state index in [0.29, 0.717) is 17.9 Å². The van der Waals surface area contributed by atoms with Gasteiger partial charge in [0.05, 0.1) is 19.1 Å². The van der Waals surface area contributed by atoms with Crippen LogP contribution >= 0.6 is 0 Å². The molecule has 0 bridgehead atoms. The Bertz CT molecular complexity index is 522. The van der Waals surface area contributed by atoms with E-state index in [9.17, 15) is 9.59 Å². The fourth-order valence-electron chi connectivity index (χ4n) is 2.39. The monoisotopic (exact) mass is 321 g/mol. The molecule has 2 unspecified atom stereocenters. The molecule has 6 nitrogen and oxygen atoms in total. The molecule has 1 heterocycles. The lowest BCUT2D eigenvalue weighted by Crippen LogP contribution is -2.32. The number of nitrogens with one attached hydrogen (secondary N) is 1. The fourth-order valence-corrected chi connectivity index (χ4v) is 2.39. The van der Waals surface area contributed by atoms with Gasteiger partial charge in [0.25, 0.3) is 5.91 Å². The molecule has 23 heavy (non-hydrogen) atoms. The number of benzene rings is 1. The van der Waals surface area contributed by atoms with Crippen molar-refractivity contribution < 1.29 is 24.2 Å². The minimum atomic E-state index is -0.881. The minimum absolute atomic E-state index is 0.0326. The Morgan fingerprint density at radius 2 is 2.09 bits per heavy atom. The number of carbonyl (C=O) groups is 2. The molecular weight excluding hydrogens is 298 g/mol. The molecule has 1 saturated heterocycles. The lowest BCUT2D eigenvalue weighted by Gasteiger charge is -2.23. The van der Waals surface area contributed by atoms with Crippen molar-refractivity contribution in [1.82, 2.24) is 0 Å². The maximum Gasteiger partial charge on any atom is 0.307 e. The Kier molecular flexibility index (Phi) is 6.55. The van der Waals surface area contributed by atoms with Crippen LogP contribution in [0.25, 0.3) is 0 Å². The molecule has 1 aromatic carbocycles. The molecule has 0 spiro atoms. The molecule has 1 amide bonds. The van der Waals surface area contributed by atoms with Crippen LogP contribution in [-0.2, 0) is 25.5 Å². The molecule has 1 fully saturated rings. The smallest absolute Gasteiger partial charge is 0.307 e. The van der Waals surface area contributed by atoms with Crippen molar-refractivity contribution in [3.8, 4) is 0 Å². The van der Waals surface area contributed by atoms with E-state index < -0.39 is 12.1 Å². The second kappa shape index (κ2) is 8.64. The summed E-state index contributed by atoms with van der Waals surface area (Å²) in [5, 5.41) is 11.5. The number of hydrogen-bond acceptors (Lipinski definition) is 4. The number of ether oxygens (including phenoxy) is 2. The zero-order chi connectivity index (χ0) is 16.7. The molecule has 2 rings (SSSR count). The second-order valence-corrected chi connectivity index (χ2v) is 5.72. The quantitative estimate of drug-likeness (QED) is 0.804. The molecule has 2 N–H and O–H groups in total. The van der Waals surface area contributed by atoms with Gasteiger partial charge in [0, 0.05) is 12.3 Å². The summed E-state index contributed by atoms with van der Waals surface area (Å²) in [5.41, 5.74) is 1.31. The van der Waals surface area contributed by atoms with E-state index in [-0.39, 0.29) is 18.4 Å². The van der Waals surface area contributed by atoms with Gasteiger partial charge in [-0.05, 0) is 43.9 Å². The zero-order valence-electron chi connectivity index (χ0n) is 13.3. The first-order valence-corrected chi connectivity index (χ1v) is 7.89. The van der Waals surface area contributed by atoms with Crippen LogP contribution in [0.2, 0.25) is 0 Å². The Morgan fingerprint density at radius 3 is 2.70 bits per heavy atom. The van der Waals surface area contributed by atoms with Crippen LogP contribution in [-0.4, -0.2) is 42.4 Å². The van der Waals surface area contributed by atoms with E-state index in [1.807, 2.05) is 0 Å². The average Bonchev–Trinajstić information content (AvgIpc) is 2.55. The van der Waals surface area contributed by atoms with Crippen LogP contribution in [0.3, 0.4) is 0 Å². The Labute approximate surface area is 135 Å². The first kappa shape index (κ1) is 17.4. The van der Waals surface area contributed by atoms with Crippen LogP contribution in [0.15, 0.2) is 24.3 Å². The first-order valence-electron chi connectivity index (χ1n) is 7.89. The Morgan fingerprint density at radius 1 is 1.35 bits per heavy atom. The third-order valence-corrected chi connectivity index (χ3v) is 3.75. The highest BCUT2D eigenvalue weighted by Crippen LogP contribution is 2.14. The SMILES string of the molecule is CC(OCC1CCCCO1)C(=O)Nc1ccc(CC(=O)O)cc1. The van der Waals surface area contributed by atoms with Crippen molar-refractivity contribution in [3.63, 3.8) is 0 Å². The van der Waals surface area contributed by atoms with Crippen LogP contribution in [0.1, 0.15) is 31.7 Å². The van der Waals surface area contributed by atoms with E-state index in [1.54, 1.807) is 31.2 Å². The minimum Gasteiger partial charge on any atom is -0.481 e. The summed E-state index contributed by atoms with van der Waals surface area (Å²) in [6.07, 6.45) is 2.67. The third kappa shape index (κ3) is 6.00. The predicted molar refractivity (Wildman–Crippen MR) is 85.4 cm³/mol. The zero-order valence-corrected chi connectivity index (χ0v) is 13.3. The van der Waals surface area contributed by atoms with E-state index in [0.717, 1.165) is 25.9 Å². The summed E-state index contributed by atoms with van der Waals surface area (Å²) in [5.74, 6) is -1.11. The molecule has 0 aliphatic carbocycles. The van der Waals surface area contributed by atoms with Gasteiger partial charge < -0.3 is 19.9 Å². The summed E-state index contributed by atoms with van der Waals surface area (Å²) in [6.45, 7) is 2.89. The highest BCUT2D eigenvalue weighted by atomic mass is 16.5. The normalized spacial score (nSPS) is 19.1. The number of rotatable bonds is 7. The molecule has 1 aromatic rings. The Hall–Kier alpha value is -1.92. The van der Waals surface area contributed by atoms with Crippen LogP contribution in [0, 0.1) is 0 Å². The number of carbonyl (C=O) groups excluding carboxylic acids is 1. The standard InChI is InChI=1S/C17H23NO5/c1-12(23-11-15-4-2-3-9-22-15)17(21)18-14-7-5-13(6-8-14)10-16(19)20/h5-8,12,15H,2-4,9-11H2,1H3,(H,18,21)(H,19,20). The van der Waals surface area contributed by atoms with Gasteiger partial charge in [-0.2, -0.15) is 0 Å². The number of carboxylic acids is 1. The van der Waals surface area contributed by atoms with Gasteiger partial charge in [-0.3, -0.25) is 9.59 Å².